The first-order valence-electron chi connectivity index (χ1n) is 6.32. The summed E-state index contributed by atoms with van der Waals surface area (Å²) in [4.78, 5) is 10.6. The average molecular weight is 252 g/mol. The maximum atomic E-state index is 10.6. The van der Waals surface area contributed by atoms with E-state index in [1.165, 1.54) is 0 Å². The second-order valence-corrected chi connectivity index (χ2v) is 4.16. The Balaban J connectivity index is 3.37. The van der Waals surface area contributed by atoms with Gasteiger partial charge in [0.1, 0.15) is 0 Å². The molecule has 4 heteroatoms. The summed E-state index contributed by atoms with van der Waals surface area (Å²) in [6, 6.07) is 1.63. The van der Waals surface area contributed by atoms with Gasteiger partial charge in [-0.1, -0.05) is 27.2 Å². The first-order chi connectivity index (χ1) is 8.54. The SMILES string of the molecule is CCCc1c(CC)cc(OC(=O)O)c(O)c1CC. The summed E-state index contributed by atoms with van der Waals surface area (Å²) in [6.07, 6.45) is 1.91. The van der Waals surface area contributed by atoms with Crippen molar-refractivity contribution >= 4 is 6.16 Å². The molecule has 0 aliphatic carbocycles. The summed E-state index contributed by atoms with van der Waals surface area (Å²) in [5.74, 6) is -0.00315. The molecular weight excluding hydrogens is 232 g/mol. The molecule has 0 saturated heterocycles. The first kappa shape index (κ1) is 14.4. The van der Waals surface area contributed by atoms with Crippen molar-refractivity contribution in [1.82, 2.24) is 0 Å². The van der Waals surface area contributed by atoms with Gasteiger partial charge in [-0.15, -0.1) is 0 Å². The van der Waals surface area contributed by atoms with Gasteiger partial charge in [0.25, 0.3) is 0 Å². The quantitative estimate of drug-likeness (QED) is 0.621. The Kier molecular flexibility index (Phi) is 5.01. The number of hydrogen-bond donors (Lipinski definition) is 2. The van der Waals surface area contributed by atoms with E-state index in [4.69, 9.17) is 5.11 Å². The average Bonchev–Trinajstić information content (AvgIpc) is 2.32. The van der Waals surface area contributed by atoms with Gasteiger partial charge in [0.05, 0.1) is 0 Å². The van der Waals surface area contributed by atoms with E-state index in [1.807, 2.05) is 13.8 Å². The molecule has 0 spiro atoms. The number of aryl methyl sites for hydroxylation is 1. The van der Waals surface area contributed by atoms with E-state index >= 15 is 0 Å². The summed E-state index contributed by atoms with van der Waals surface area (Å²) >= 11 is 0. The minimum Gasteiger partial charge on any atom is -0.504 e. The highest BCUT2D eigenvalue weighted by atomic mass is 16.7. The van der Waals surface area contributed by atoms with Crippen LogP contribution in [-0.2, 0) is 19.3 Å². The lowest BCUT2D eigenvalue weighted by atomic mass is 9.93. The lowest BCUT2D eigenvalue weighted by molar-refractivity contribution is 0.142. The van der Waals surface area contributed by atoms with Crippen LogP contribution in [0.3, 0.4) is 0 Å². The molecule has 0 aliphatic rings. The van der Waals surface area contributed by atoms with E-state index in [1.54, 1.807) is 6.07 Å². The normalized spacial score (nSPS) is 10.4. The van der Waals surface area contributed by atoms with Gasteiger partial charge >= 0.3 is 6.16 Å². The van der Waals surface area contributed by atoms with Crippen molar-refractivity contribution in [2.24, 2.45) is 0 Å². The molecule has 0 fully saturated rings. The molecular formula is C14H20O4. The smallest absolute Gasteiger partial charge is 0.504 e. The predicted molar refractivity (Wildman–Crippen MR) is 69.5 cm³/mol. The van der Waals surface area contributed by atoms with Crippen LogP contribution in [0.1, 0.15) is 43.9 Å². The molecule has 1 aromatic carbocycles. The van der Waals surface area contributed by atoms with Gasteiger partial charge in [0.2, 0.25) is 0 Å². The van der Waals surface area contributed by atoms with Gasteiger partial charge in [0, 0.05) is 5.56 Å². The largest absolute Gasteiger partial charge is 0.511 e. The van der Waals surface area contributed by atoms with E-state index in [-0.39, 0.29) is 11.5 Å². The number of benzene rings is 1. The molecule has 4 nitrogen and oxygen atoms in total. The van der Waals surface area contributed by atoms with Crippen LogP contribution in [0, 0.1) is 0 Å². The molecule has 0 atom stereocenters. The van der Waals surface area contributed by atoms with Crippen LogP contribution in [0.5, 0.6) is 11.5 Å². The topological polar surface area (TPSA) is 66.8 Å². The van der Waals surface area contributed by atoms with Crippen LogP contribution >= 0.6 is 0 Å². The predicted octanol–water partition coefficient (Wildman–Crippen LogP) is 3.53. The van der Waals surface area contributed by atoms with Gasteiger partial charge in [-0.2, -0.15) is 0 Å². The van der Waals surface area contributed by atoms with Crippen LogP contribution in [-0.4, -0.2) is 16.4 Å². The van der Waals surface area contributed by atoms with Crippen molar-refractivity contribution in [1.29, 1.82) is 0 Å². The molecule has 2 N–H and O–H groups in total. The molecule has 1 aromatic rings. The maximum Gasteiger partial charge on any atom is 0.511 e. The van der Waals surface area contributed by atoms with Crippen LogP contribution in [0.25, 0.3) is 0 Å². The summed E-state index contributed by atoms with van der Waals surface area (Å²) in [5.41, 5.74) is 2.97. The molecule has 0 saturated carbocycles. The molecule has 0 aromatic heterocycles. The molecule has 18 heavy (non-hydrogen) atoms. The van der Waals surface area contributed by atoms with Gasteiger partial charge in [-0.25, -0.2) is 4.79 Å². The van der Waals surface area contributed by atoms with Crippen molar-refractivity contribution < 1.29 is 19.7 Å². The number of carbonyl (C=O) groups is 1. The molecule has 0 radical (unpaired) electrons. The van der Waals surface area contributed by atoms with Crippen molar-refractivity contribution in [2.75, 3.05) is 0 Å². The molecule has 0 heterocycles. The standard InChI is InChI=1S/C14H20O4/c1-4-7-11-9(5-2)8-12(18-14(16)17)13(15)10(11)6-3/h8,15H,4-7H2,1-3H3,(H,16,17). The summed E-state index contributed by atoms with van der Waals surface area (Å²) in [6.45, 7) is 6.03. The number of phenolic OH excluding ortho intramolecular Hbond substituents is 1. The number of hydrogen-bond acceptors (Lipinski definition) is 3. The van der Waals surface area contributed by atoms with E-state index in [0.717, 1.165) is 36.0 Å². The molecule has 0 unspecified atom stereocenters. The van der Waals surface area contributed by atoms with Gasteiger partial charge in [0.15, 0.2) is 11.5 Å². The third-order valence-electron chi connectivity index (χ3n) is 3.01. The third kappa shape index (κ3) is 2.94. The zero-order valence-corrected chi connectivity index (χ0v) is 11.1. The van der Waals surface area contributed by atoms with Crippen LogP contribution in [0.15, 0.2) is 6.07 Å². The Morgan fingerprint density at radius 3 is 2.33 bits per heavy atom. The molecule has 0 bridgehead atoms. The lowest BCUT2D eigenvalue weighted by Gasteiger charge is -2.16. The van der Waals surface area contributed by atoms with E-state index in [0.29, 0.717) is 6.42 Å². The van der Waals surface area contributed by atoms with Crippen molar-refractivity contribution in [2.45, 2.75) is 46.5 Å². The van der Waals surface area contributed by atoms with Crippen LogP contribution in [0.2, 0.25) is 0 Å². The Bertz CT molecular complexity index is 438. The van der Waals surface area contributed by atoms with E-state index in [9.17, 15) is 9.90 Å². The molecule has 0 aliphatic heterocycles. The summed E-state index contributed by atoms with van der Waals surface area (Å²) in [7, 11) is 0. The zero-order chi connectivity index (χ0) is 13.7. The Morgan fingerprint density at radius 2 is 1.89 bits per heavy atom. The molecule has 1 rings (SSSR count). The minimum atomic E-state index is -1.40. The number of phenols is 1. The summed E-state index contributed by atoms with van der Waals surface area (Å²) in [5, 5.41) is 18.7. The number of carboxylic acid groups (broad SMARTS) is 1. The van der Waals surface area contributed by atoms with Gasteiger partial charge in [-0.05, 0) is 36.5 Å². The van der Waals surface area contributed by atoms with Crippen molar-refractivity contribution in [3.05, 3.63) is 22.8 Å². The number of rotatable bonds is 5. The van der Waals surface area contributed by atoms with E-state index < -0.39 is 6.16 Å². The number of aromatic hydroxyl groups is 1. The Labute approximate surface area is 107 Å². The first-order valence-corrected chi connectivity index (χ1v) is 6.32. The van der Waals surface area contributed by atoms with Gasteiger partial charge < -0.3 is 14.9 Å². The van der Waals surface area contributed by atoms with Crippen LogP contribution < -0.4 is 4.74 Å². The zero-order valence-electron chi connectivity index (χ0n) is 11.1. The Morgan fingerprint density at radius 1 is 1.22 bits per heavy atom. The minimum absolute atomic E-state index is 0.0380. The fourth-order valence-electron chi connectivity index (χ4n) is 2.23. The monoisotopic (exact) mass is 252 g/mol. The molecule has 100 valence electrons. The van der Waals surface area contributed by atoms with Gasteiger partial charge in [-0.3, -0.25) is 0 Å². The highest BCUT2D eigenvalue weighted by Gasteiger charge is 2.17. The second kappa shape index (κ2) is 6.28. The van der Waals surface area contributed by atoms with E-state index in [2.05, 4.69) is 11.7 Å². The van der Waals surface area contributed by atoms with Crippen LogP contribution in [0.4, 0.5) is 4.79 Å². The highest BCUT2D eigenvalue weighted by Crippen LogP contribution is 2.36. The Hall–Kier alpha value is -1.71. The fraction of sp³-hybridized carbons (Fsp3) is 0.500. The summed E-state index contributed by atoms with van der Waals surface area (Å²) < 4.78 is 4.63. The fourth-order valence-corrected chi connectivity index (χ4v) is 2.23. The van der Waals surface area contributed by atoms with Crippen molar-refractivity contribution in [3.8, 4) is 11.5 Å². The number of ether oxygens (including phenoxy) is 1. The third-order valence-corrected chi connectivity index (χ3v) is 3.01. The van der Waals surface area contributed by atoms with Crippen molar-refractivity contribution in [3.63, 3.8) is 0 Å². The highest BCUT2D eigenvalue weighted by molar-refractivity contribution is 5.65. The molecule has 0 amide bonds. The maximum absolute atomic E-state index is 10.6. The lowest BCUT2D eigenvalue weighted by Crippen LogP contribution is -2.07. The second-order valence-electron chi connectivity index (χ2n) is 4.16.